The minimum absolute atomic E-state index is 0.0178. The molecule has 2 amide bonds. The van der Waals surface area contributed by atoms with Gasteiger partial charge in [-0.1, -0.05) is 54.6 Å². The lowest BCUT2D eigenvalue weighted by Gasteiger charge is -2.24. The number of ether oxygens (including phenoxy) is 1. The van der Waals surface area contributed by atoms with Gasteiger partial charge in [0.05, 0.1) is 29.6 Å². The van der Waals surface area contributed by atoms with Gasteiger partial charge in [-0.2, -0.15) is 9.98 Å². The van der Waals surface area contributed by atoms with E-state index in [0.29, 0.717) is 42.6 Å². The summed E-state index contributed by atoms with van der Waals surface area (Å²) in [4.78, 5) is 28.8. The van der Waals surface area contributed by atoms with Crippen molar-refractivity contribution in [3.63, 3.8) is 0 Å². The van der Waals surface area contributed by atoms with Crippen LogP contribution in [0.3, 0.4) is 0 Å². The van der Waals surface area contributed by atoms with E-state index in [4.69, 9.17) is 4.74 Å². The molecule has 0 bridgehead atoms. The Bertz CT molecular complexity index is 1800. The van der Waals surface area contributed by atoms with Crippen LogP contribution in [0.4, 0.5) is 0 Å². The largest absolute Gasteiger partial charge is 0.497 e. The Morgan fingerprint density at radius 2 is 1.77 bits per heavy atom. The van der Waals surface area contributed by atoms with Gasteiger partial charge in [-0.3, -0.25) is 9.59 Å². The van der Waals surface area contributed by atoms with Gasteiger partial charge in [-0.15, -0.1) is 0 Å². The highest BCUT2D eigenvalue weighted by Gasteiger charge is 2.42. The second-order valence-electron chi connectivity index (χ2n) is 10.8. The van der Waals surface area contributed by atoms with Crippen molar-refractivity contribution in [1.29, 1.82) is 5.26 Å². The summed E-state index contributed by atoms with van der Waals surface area (Å²) in [6.07, 6.45) is 1.70. The van der Waals surface area contributed by atoms with E-state index >= 15 is 0 Å². The van der Waals surface area contributed by atoms with E-state index in [2.05, 4.69) is 16.1 Å². The third kappa shape index (κ3) is 7.25. The van der Waals surface area contributed by atoms with E-state index in [1.165, 1.54) is 19.2 Å². The van der Waals surface area contributed by atoms with Crippen LogP contribution in [-0.4, -0.2) is 51.4 Å². The second-order valence-corrected chi connectivity index (χ2v) is 12.5. The van der Waals surface area contributed by atoms with E-state index in [0.717, 1.165) is 22.9 Å². The van der Waals surface area contributed by atoms with Crippen molar-refractivity contribution in [3.05, 3.63) is 108 Å². The first-order valence-electron chi connectivity index (χ1n) is 14.5. The first kappa shape index (κ1) is 30.7. The first-order valence-corrected chi connectivity index (χ1v) is 16.0. The Kier molecular flexibility index (Phi) is 9.58. The van der Waals surface area contributed by atoms with Crippen LogP contribution in [-0.2, 0) is 32.6 Å². The van der Waals surface area contributed by atoms with Crippen LogP contribution in [0, 0.1) is 17.2 Å². The number of sulfonamides is 1. The molecule has 5 rings (SSSR count). The fourth-order valence-corrected chi connectivity index (χ4v) is 6.77. The topological polar surface area (TPSA) is 129 Å². The lowest BCUT2D eigenvalue weighted by atomic mass is 9.98. The van der Waals surface area contributed by atoms with Gasteiger partial charge in [0.25, 0.3) is 0 Å². The highest BCUT2D eigenvalue weighted by atomic mass is 32.2. The number of likely N-dealkylation sites (tertiary alicyclic amines) is 1. The number of carbonyl (C=O) groups is 2. The summed E-state index contributed by atoms with van der Waals surface area (Å²) in [6.45, 7) is 0.943. The van der Waals surface area contributed by atoms with E-state index in [9.17, 15) is 23.3 Å². The van der Waals surface area contributed by atoms with Crippen molar-refractivity contribution < 1.29 is 22.7 Å². The highest BCUT2D eigenvalue weighted by Crippen LogP contribution is 2.27. The highest BCUT2D eigenvalue weighted by molar-refractivity contribution is 7.89. The van der Waals surface area contributed by atoms with Gasteiger partial charge >= 0.3 is 0 Å². The number of nitrogens with one attached hydrogen (secondary N) is 2. The fraction of sp³-hybridized carbons (Fsp3) is 0.265. The van der Waals surface area contributed by atoms with Crippen molar-refractivity contribution in [2.24, 2.45) is 5.92 Å². The Morgan fingerprint density at radius 3 is 2.55 bits per heavy atom. The number of fused-ring (bicyclic) bond motifs is 1. The Balaban J connectivity index is 1.36. The van der Waals surface area contributed by atoms with Gasteiger partial charge in [0.2, 0.25) is 21.8 Å². The Morgan fingerprint density at radius 1 is 1.00 bits per heavy atom. The quantitative estimate of drug-likeness (QED) is 0.232. The smallest absolute Gasteiger partial charge is 0.241 e. The number of benzene rings is 4. The van der Waals surface area contributed by atoms with Crippen LogP contribution in [0.1, 0.15) is 29.5 Å². The molecule has 1 fully saturated rings. The molecule has 0 saturated carbocycles. The molecule has 9 nitrogen and oxygen atoms in total. The van der Waals surface area contributed by atoms with E-state index in [-0.39, 0.29) is 17.3 Å². The molecule has 10 heteroatoms. The number of rotatable bonds is 12. The number of hydrogen-bond acceptors (Lipinski definition) is 6. The average Bonchev–Trinajstić information content (AvgIpc) is 3.40. The van der Waals surface area contributed by atoms with Crippen molar-refractivity contribution in [1.82, 2.24) is 14.9 Å². The molecule has 2 atom stereocenters. The molecule has 1 unspecified atom stereocenters. The third-order valence-corrected chi connectivity index (χ3v) is 9.29. The van der Waals surface area contributed by atoms with Crippen molar-refractivity contribution in [2.75, 3.05) is 20.2 Å². The van der Waals surface area contributed by atoms with Crippen LogP contribution in [0.2, 0.25) is 0 Å². The van der Waals surface area contributed by atoms with Crippen molar-refractivity contribution >= 4 is 32.6 Å². The van der Waals surface area contributed by atoms with Gasteiger partial charge < -0.3 is 15.0 Å². The zero-order chi connectivity index (χ0) is 31.1. The maximum atomic E-state index is 13.7. The summed E-state index contributed by atoms with van der Waals surface area (Å²) in [5.41, 5.74) is 2.40. The molecule has 4 aromatic rings. The standard InChI is InChI=1S/C34H34N4O5S/c1-43-29-14-12-27-13-15-30(21-28(27)20-29)44(41,42)37-32(33(39)36-17-6-11-24-7-3-2-4-8-24)31-16-18-38(34(31)40)23-26-10-5-9-25(19-26)22-35/h2-5,7-10,12-15,19-21,31-32,37H,6,11,16-18,23H2,1H3,(H,36,39)/t31-,32?/m0/s1. The fourth-order valence-electron chi connectivity index (χ4n) is 5.50. The lowest BCUT2D eigenvalue weighted by molar-refractivity contribution is -0.135. The van der Waals surface area contributed by atoms with Gasteiger partial charge in [0.15, 0.2) is 0 Å². The van der Waals surface area contributed by atoms with Crippen LogP contribution in [0.15, 0.2) is 95.9 Å². The number of carbonyl (C=O) groups excluding carboxylic acids is 2. The SMILES string of the molecule is COc1ccc2ccc(S(=O)(=O)NC(C(=O)NCCCc3ccccc3)[C@@H]3CCN(Cc4cccc(C#N)c4)C3=O)cc2c1. The monoisotopic (exact) mass is 610 g/mol. The molecule has 4 aromatic carbocycles. The molecule has 226 valence electrons. The van der Waals surface area contributed by atoms with Crippen molar-refractivity contribution in [3.8, 4) is 11.8 Å². The molecule has 1 aliphatic heterocycles. The molecular formula is C34H34N4O5S. The zero-order valence-corrected chi connectivity index (χ0v) is 25.2. The number of aryl methyl sites for hydroxylation is 1. The average molecular weight is 611 g/mol. The second kappa shape index (κ2) is 13.7. The maximum absolute atomic E-state index is 13.7. The summed E-state index contributed by atoms with van der Waals surface area (Å²) < 4.78 is 35.2. The van der Waals surface area contributed by atoms with Gasteiger partial charge in [-0.05, 0) is 77.6 Å². The molecule has 1 saturated heterocycles. The molecule has 2 N–H and O–H groups in total. The number of methoxy groups -OCH3 is 1. The normalized spacial score (nSPS) is 15.6. The number of nitriles is 1. The molecule has 0 aromatic heterocycles. The Hall–Kier alpha value is -4.72. The number of nitrogens with zero attached hydrogens (tertiary/aromatic N) is 2. The summed E-state index contributed by atoms with van der Waals surface area (Å²) in [6, 6.07) is 27.7. The van der Waals surface area contributed by atoms with E-state index in [1.807, 2.05) is 42.5 Å². The minimum atomic E-state index is -4.19. The van der Waals surface area contributed by atoms with E-state index < -0.39 is 27.9 Å². The lowest BCUT2D eigenvalue weighted by Crippen LogP contribution is -2.52. The zero-order valence-electron chi connectivity index (χ0n) is 24.4. The Labute approximate surface area is 257 Å². The predicted octanol–water partition coefficient (Wildman–Crippen LogP) is 4.16. The first-order chi connectivity index (χ1) is 21.3. The molecule has 0 spiro atoms. The maximum Gasteiger partial charge on any atom is 0.241 e. The number of amides is 2. The van der Waals surface area contributed by atoms with Gasteiger partial charge in [0, 0.05) is 19.6 Å². The van der Waals surface area contributed by atoms with Gasteiger partial charge in [0.1, 0.15) is 11.8 Å². The van der Waals surface area contributed by atoms with Crippen LogP contribution in [0.25, 0.3) is 10.8 Å². The molecule has 0 aliphatic carbocycles. The summed E-state index contributed by atoms with van der Waals surface area (Å²) >= 11 is 0. The summed E-state index contributed by atoms with van der Waals surface area (Å²) in [7, 11) is -2.66. The van der Waals surface area contributed by atoms with Crippen LogP contribution >= 0.6 is 0 Å². The summed E-state index contributed by atoms with van der Waals surface area (Å²) in [5, 5.41) is 13.6. The summed E-state index contributed by atoms with van der Waals surface area (Å²) in [5.74, 6) is -1.16. The van der Waals surface area contributed by atoms with Crippen LogP contribution in [0.5, 0.6) is 5.75 Å². The molecule has 1 heterocycles. The molecule has 0 radical (unpaired) electrons. The van der Waals surface area contributed by atoms with Gasteiger partial charge in [-0.25, -0.2) is 8.42 Å². The van der Waals surface area contributed by atoms with E-state index in [1.54, 1.807) is 41.3 Å². The minimum Gasteiger partial charge on any atom is -0.497 e. The molecule has 44 heavy (non-hydrogen) atoms. The van der Waals surface area contributed by atoms with Crippen molar-refractivity contribution in [2.45, 2.75) is 36.7 Å². The number of hydrogen-bond donors (Lipinski definition) is 2. The molecule has 1 aliphatic rings. The molecular weight excluding hydrogens is 576 g/mol. The predicted molar refractivity (Wildman–Crippen MR) is 167 cm³/mol. The van der Waals surface area contributed by atoms with Crippen LogP contribution < -0.4 is 14.8 Å². The third-order valence-electron chi connectivity index (χ3n) is 7.85.